The Bertz CT molecular complexity index is 26.8. The third kappa shape index (κ3) is 1480. The zero-order valence-electron chi connectivity index (χ0n) is 9.85. The Morgan fingerprint density at radius 1 is 0.846 bits per heavy atom. The third-order valence-electron chi connectivity index (χ3n) is 0. The van der Waals surface area contributed by atoms with Crippen molar-refractivity contribution in [3.05, 3.63) is 44.6 Å². The van der Waals surface area contributed by atoms with Crippen molar-refractivity contribution in [1.82, 2.24) is 0 Å². The molecular weight excluding hydrogens is 346 g/mol. The largest absolute Gasteiger partial charge is 3.00 e. The van der Waals surface area contributed by atoms with Gasteiger partial charge < -0.3 is 54.8 Å². The topological polar surface area (TPSA) is 40.5 Å². The van der Waals surface area contributed by atoms with Gasteiger partial charge in [-0.1, -0.05) is 0 Å². The molecule has 0 amide bonds. The van der Waals surface area contributed by atoms with Crippen LogP contribution in [0.2, 0.25) is 0 Å². The molecule has 0 aromatic rings. The SMILES string of the molecule is CC(O)O.[CH2]=[Rh].[CH3-].[CH3-].[CH3-].[CH3-].[CH3-].[CH3-].[Rh+3]. The molecule has 0 aliphatic carbocycles. The van der Waals surface area contributed by atoms with Gasteiger partial charge in [0.15, 0.2) is 0 Å². The van der Waals surface area contributed by atoms with Gasteiger partial charge in [0, 0.05) is 0 Å². The maximum Gasteiger partial charge on any atom is 3.00 e. The number of hydrogen-bond acceptors (Lipinski definition) is 2. The van der Waals surface area contributed by atoms with E-state index in [-0.39, 0.29) is 64.0 Å². The normalized spacial score (nSPS) is 3.15. The predicted octanol–water partition coefficient (Wildman–Crippen LogP) is 1.98. The first-order valence-corrected chi connectivity index (χ1v) is 2.49. The van der Waals surface area contributed by atoms with Crippen LogP contribution in [0.4, 0.5) is 0 Å². The summed E-state index contributed by atoms with van der Waals surface area (Å²) in [5.41, 5.74) is 0. The monoisotopic (exact) mass is 372 g/mol. The fraction of sp³-hybridized carbons (Fsp3) is 0.222. The van der Waals surface area contributed by atoms with Crippen molar-refractivity contribution >= 4 is 5.11 Å². The first-order chi connectivity index (χ1) is 2.73. The van der Waals surface area contributed by atoms with Crippen molar-refractivity contribution in [2.24, 2.45) is 0 Å². The summed E-state index contributed by atoms with van der Waals surface area (Å²) in [6.45, 7) is 1.28. The van der Waals surface area contributed by atoms with E-state index < -0.39 is 6.29 Å². The van der Waals surface area contributed by atoms with Gasteiger partial charge in [-0.25, -0.2) is 0 Å². The summed E-state index contributed by atoms with van der Waals surface area (Å²) < 4.78 is 0. The van der Waals surface area contributed by atoms with Crippen LogP contribution in [0.3, 0.4) is 0 Å². The van der Waals surface area contributed by atoms with Crippen LogP contribution in [0.15, 0.2) is 0 Å². The Morgan fingerprint density at radius 3 is 0.846 bits per heavy atom. The van der Waals surface area contributed by atoms with Crippen LogP contribution in [0.25, 0.3) is 0 Å². The van der Waals surface area contributed by atoms with Crippen LogP contribution in [0, 0.1) is 44.6 Å². The van der Waals surface area contributed by atoms with Crippen molar-refractivity contribution in [3.8, 4) is 0 Å². The standard InChI is InChI=1S/C2H6O2.6CH3.CH2.2Rh/c1-2(3)4;;;;;;;;;/h2-4H,1H3;6*1H3;1H2;;/q;6*-1;;;+3. The third-order valence-corrected chi connectivity index (χ3v) is 0. The maximum atomic E-state index is 7.61. The fourth-order valence-corrected chi connectivity index (χ4v) is 0. The molecule has 0 bridgehead atoms. The van der Waals surface area contributed by atoms with Gasteiger partial charge in [0.1, 0.15) is 6.29 Å². The van der Waals surface area contributed by atoms with Crippen molar-refractivity contribution in [2.45, 2.75) is 13.2 Å². The molecule has 0 radical (unpaired) electrons. The van der Waals surface area contributed by atoms with Crippen molar-refractivity contribution in [2.75, 3.05) is 0 Å². The van der Waals surface area contributed by atoms with Crippen LogP contribution >= 0.6 is 0 Å². The van der Waals surface area contributed by atoms with Crippen LogP contribution in [-0.2, 0) is 37.3 Å². The first kappa shape index (κ1) is 94.0. The van der Waals surface area contributed by atoms with Crippen LogP contribution < -0.4 is 0 Å². The summed E-state index contributed by atoms with van der Waals surface area (Å²) >= 11 is 2.30. The van der Waals surface area contributed by atoms with Gasteiger partial charge in [-0.2, -0.15) is 0 Å². The molecule has 0 rings (SSSR count). The van der Waals surface area contributed by atoms with E-state index in [1.54, 1.807) is 0 Å². The van der Waals surface area contributed by atoms with E-state index in [1.807, 2.05) is 0 Å². The molecular formula is C9H26O2Rh2-3. The Labute approximate surface area is 110 Å². The van der Waals surface area contributed by atoms with Gasteiger partial charge in [-0.3, -0.25) is 0 Å². The van der Waals surface area contributed by atoms with Gasteiger partial charge in [-0.15, -0.1) is 0 Å². The second-order valence-corrected chi connectivity index (χ2v) is 0.632. The Morgan fingerprint density at radius 2 is 0.846 bits per heavy atom. The average Bonchev–Trinajstić information content (AvgIpc) is 1.41. The van der Waals surface area contributed by atoms with Crippen LogP contribution in [0.5, 0.6) is 0 Å². The molecule has 4 heteroatoms. The second kappa shape index (κ2) is 116. The van der Waals surface area contributed by atoms with E-state index >= 15 is 0 Å². The van der Waals surface area contributed by atoms with Gasteiger partial charge in [0.2, 0.25) is 0 Å². The summed E-state index contributed by atoms with van der Waals surface area (Å²) in [5.74, 6) is 0. The Kier molecular flexibility index (Phi) is 838. The molecule has 2 N–H and O–H groups in total. The first-order valence-electron chi connectivity index (χ1n) is 1.33. The molecule has 0 saturated heterocycles. The average molecular weight is 372 g/mol. The fourth-order valence-electron chi connectivity index (χ4n) is 0. The molecule has 0 aliphatic heterocycles. The molecule has 0 unspecified atom stereocenters. The van der Waals surface area contributed by atoms with Gasteiger partial charge in [0.05, 0.1) is 0 Å². The summed E-state index contributed by atoms with van der Waals surface area (Å²) in [6, 6.07) is 0. The molecule has 0 saturated carbocycles. The van der Waals surface area contributed by atoms with Crippen molar-refractivity contribution in [1.29, 1.82) is 0 Å². The van der Waals surface area contributed by atoms with Crippen LogP contribution in [0.1, 0.15) is 6.92 Å². The van der Waals surface area contributed by atoms with E-state index in [0.29, 0.717) is 0 Å². The Balaban J connectivity index is -0.00000000242. The summed E-state index contributed by atoms with van der Waals surface area (Å²) in [4.78, 5) is 0. The van der Waals surface area contributed by atoms with Gasteiger partial charge >= 0.3 is 42.4 Å². The minimum Gasteiger partial charge on any atom is -0.358 e. The van der Waals surface area contributed by atoms with E-state index in [0.717, 1.165) is 0 Å². The molecule has 0 heterocycles. The summed E-state index contributed by atoms with van der Waals surface area (Å²) in [5, 5.41) is 18.4. The number of aliphatic hydroxyl groups excluding tert-OH is 1. The summed E-state index contributed by atoms with van der Waals surface area (Å²) in [6.07, 6.45) is -1.17. The zero-order chi connectivity index (χ0) is 5.58. The van der Waals surface area contributed by atoms with Crippen LogP contribution in [-0.4, -0.2) is 21.6 Å². The van der Waals surface area contributed by atoms with E-state index in [4.69, 9.17) is 10.2 Å². The van der Waals surface area contributed by atoms with Gasteiger partial charge in [-0.05, 0) is 6.92 Å². The molecule has 2 nitrogen and oxygen atoms in total. The quantitative estimate of drug-likeness (QED) is 0.388. The smallest absolute Gasteiger partial charge is 0.358 e. The molecule has 0 aromatic heterocycles. The molecule has 0 atom stereocenters. The second-order valence-electron chi connectivity index (χ2n) is 0.632. The number of aliphatic hydroxyl groups is 2. The number of rotatable bonds is 0. The van der Waals surface area contributed by atoms with E-state index in [9.17, 15) is 0 Å². The maximum absolute atomic E-state index is 7.61. The van der Waals surface area contributed by atoms with Crippen molar-refractivity contribution < 1.29 is 47.5 Å². The van der Waals surface area contributed by atoms with Gasteiger partial charge in [0.25, 0.3) is 0 Å². The Hall–Kier alpha value is 1.04. The van der Waals surface area contributed by atoms with E-state index in [2.05, 4.69) is 23.0 Å². The molecule has 0 aromatic carbocycles. The molecule has 13 heavy (non-hydrogen) atoms. The zero-order valence-corrected chi connectivity index (χ0v) is 13.1. The summed E-state index contributed by atoms with van der Waals surface area (Å²) in [7, 11) is 0. The minimum atomic E-state index is -1.17. The molecule has 0 spiro atoms. The van der Waals surface area contributed by atoms with Crippen molar-refractivity contribution in [3.63, 3.8) is 0 Å². The predicted molar refractivity (Wildman–Crippen MR) is 59.5 cm³/mol. The number of hydrogen-bond donors (Lipinski definition) is 2. The minimum absolute atomic E-state index is 0. The molecule has 0 fully saturated rings. The molecule has 95 valence electrons. The molecule has 0 aliphatic rings. The van der Waals surface area contributed by atoms with E-state index in [1.165, 1.54) is 6.92 Å².